The van der Waals surface area contributed by atoms with E-state index >= 15 is 0 Å². The van der Waals surface area contributed by atoms with Crippen molar-refractivity contribution in [2.24, 2.45) is 16.7 Å². The van der Waals surface area contributed by atoms with Crippen LogP contribution in [-0.2, 0) is 10.0 Å². The number of hydrogen-bond donors (Lipinski definition) is 1. The van der Waals surface area contributed by atoms with Gasteiger partial charge in [-0.3, -0.25) is 0 Å². The molecule has 0 aliphatic heterocycles. The fourth-order valence-corrected chi connectivity index (χ4v) is 8.07. The average Bonchev–Trinajstić information content (AvgIpc) is 2.42. The van der Waals surface area contributed by atoms with E-state index in [0.29, 0.717) is 16.6 Å². The summed E-state index contributed by atoms with van der Waals surface area (Å²) in [7, 11) is -1.92. The van der Waals surface area contributed by atoms with Crippen LogP contribution in [0.25, 0.3) is 0 Å². The molecule has 132 valence electrons. The first-order valence-electron chi connectivity index (χ1n) is 8.83. The van der Waals surface area contributed by atoms with Crippen LogP contribution in [0.4, 0.5) is 0 Å². The number of benzene rings is 1. The number of hydrogen-bond acceptors (Lipinski definition) is 3. The lowest BCUT2D eigenvalue weighted by molar-refractivity contribution is -0.110. The van der Waals surface area contributed by atoms with Gasteiger partial charge in [0, 0.05) is 5.54 Å². The number of rotatable bonds is 4. The molecule has 24 heavy (non-hydrogen) atoms. The molecule has 1 aromatic carbocycles. The summed E-state index contributed by atoms with van der Waals surface area (Å²) in [5.74, 6) is 1.33. The third-order valence-corrected chi connectivity index (χ3v) is 7.94. The van der Waals surface area contributed by atoms with Gasteiger partial charge in [-0.05, 0) is 79.5 Å². The molecule has 4 nitrogen and oxygen atoms in total. The monoisotopic (exact) mass is 349 g/mol. The third-order valence-electron chi connectivity index (χ3n) is 6.35. The molecule has 5 rings (SSSR count). The van der Waals surface area contributed by atoms with Gasteiger partial charge in [-0.1, -0.05) is 13.8 Å². The fraction of sp³-hybridized carbons (Fsp3) is 0.684. The largest absolute Gasteiger partial charge is 0.497 e. The van der Waals surface area contributed by atoms with Crippen molar-refractivity contribution in [3.8, 4) is 5.75 Å². The first-order chi connectivity index (χ1) is 11.2. The number of nitrogens with one attached hydrogen (secondary N) is 1. The maximum atomic E-state index is 13.0. The van der Waals surface area contributed by atoms with E-state index in [2.05, 4.69) is 18.6 Å². The van der Waals surface area contributed by atoms with Crippen molar-refractivity contribution in [2.75, 3.05) is 7.11 Å². The molecule has 0 spiro atoms. The number of sulfonamides is 1. The molecular weight excluding hydrogens is 322 g/mol. The van der Waals surface area contributed by atoms with E-state index in [1.165, 1.54) is 19.3 Å². The Hall–Kier alpha value is -1.07. The summed E-state index contributed by atoms with van der Waals surface area (Å²) >= 11 is 0. The van der Waals surface area contributed by atoms with Gasteiger partial charge in [0.05, 0.1) is 12.0 Å². The van der Waals surface area contributed by atoms with E-state index in [1.807, 2.05) is 0 Å². The molecule has 4 aliphatic carbocycles. The van der Waals surface area contributed by atoms with E-state index in [0.717, 1.165) is 19.3 Å². The third kappa shape index (κ3) is 2.66. The Morgan fingerprint density at radius 3 is 2.08 bits per heavy atom. The normalized spacial score (nSPS) is 40.7. The lowest BCUT2D eigenvalue weighted by Gasteiger charge is -2.65. The lowest BCUT2D eigenvalue weighted by Crippen LogP contribution is -2.65. The molecule has 1 N–H and O–H groups in total. The Kier molecular flexibility index (Phi) is 3.40. The second kappa shape index (κ2) is 4.98. The Labute approximate surface area is 145 Å². The van der Waals surface area contributed by atoms with E-state index in [4.69, 9.17) is 4.74 Å². The van der Waals surface area contributed by atoms with Crippen LogP contribution in [0.5, 0.6) is 5.75 Å². The Bertz CT molecular complexity index is 737. The SMILES string of the molecule is COc1ccc(S(=O)(=O)NC23CC4CC(C)(CC(C)(C4)C2)C3)cc1. The summed E-state index contributed by atoms with van der Waals surface area (Å²) in [4.78, 5) is 0.328. The molecular formula is C19H27NO3S. The van der Waals surface area contributed by atoms with Crippen LogP contribution in [-0.4, -0.2) is 21.1 Å². The van der Waals surface area contributed by atoms with Crippen LogP contribution in [0.3, 0.4) is 0 Å². The Balaban J connectivity index is 1.64. The predicted octanol–water partition coefficient (Wildman–Crippen LogP) is 3.72. The van der Waals surface area contributed by atoms with Crippen LogP contribution in [0, 0.1) is 16.7 Å². The quantitative estimate of drug-likeness (QED) is 0.901. The van der Waals surface area contributed by atoms with Crippen LogP contribution in [0.15, 0.2) is 29.2 Å². The zero-order valence-electron chi connectivity index (χ0n) is 14.8. The molecule has 0 radical (unpaired) electrons. The lowest BCUT2D eigenvalue weighted by atomic mass is 9.43. The number of methoxy groups -OCH3 is 1. The van der Waals surface area contributed by atoms with Gasteiger partial charge < -0.3 is 4.74 Å². The first kappa shape index (κ1) is 16.4. The zero-order valence-corrected chi connectivity index (χ0v) is 15.6. The fourth-order valence-electron chi connectivity index (χ4n) is 6.66. The van der Waals surface area contributed by atoms with E-state index in [-0.39, 0.29) is 16.4 Å². The highest BCUT2D eigenvalue weighted by Gasteiger charge is 2.61. The summed E-state index contributed by atoms with van der Waals surface area (Å²) in [6.45, 7) is 4.71. The minimum absolute atomic E-state index is 0.262. The maximum absolute atomic E-state index is 13.0. The van der Waals surface area contributed by atoms with E-state index < -0.39 is 10.0 Å². The van der Waals surface area contributed by atoms with Crippen molar-refractivity contribution >= 4 is 10.0 Å². The highest BCUT2D eigenvalue weighted by atomic mass is 32.2. The van der Waals surface area contributed by atoms with Gasteiger partial charge in [0.25, 0.3) is 0 Å². The Morgan fingerprint density at radius 2 is 1.58 bits per heavy atom. The molecule has 0 saturated heterocycles. The van der Waals surface area contributed by atoms with Gasteiger partial charge >= 0.3 is 0 Å². The van der Waals surface area contributed by atoms with Crippen molar-refractivity contribution in [1.29, 1.82) is 0 Å². The summed E-state index contributed by atoms with van der Waals surface area (Å²) in [6.07, 6.45) is 6.70. The molecule has 1 aromatic rings. The molecule has 4 aliphatic rings. The zero-order chi connectivity index (χ0) is 17.2. The van der Waals surface area contributed by atoms with Gasteiger partial charge in [0.15, 0.2) is 0 Å². The Morgan fingerprint density at radius 1 is 1.00 bits per heavy atom. The summed E-state index contributed by atoms with van der Waals surface area (Å²) in [5.41, 5.74) is 0.314. The van der Waals surface area contributed by atoms with Crippen LogP contribution >= 0.6 is 0 Å². The van der Waals surface area contributed by atoms with Gasteiger partial charge in [0.2, 0.25) is 10.0 Å². The highest BCUT2D eigenvalue weighted by molar-refractivity contribution is 7.89. The summed E-state index contributed by atoms with van der Waals surface area (Å²) in [6, 6.07) is 6.67. The van der Waals surface area contributed by atoms with Crippen molar-refractivity contribution in [3.63, 3.8) is 0 Å². The first-order valence-corrected chi connectivity index (χ1v) is 10.3. The molecule has 2 unspecified atom stereocenters. The highest BCUT2D eigenvalue weighted by Crippen LogP contribution is 2.66. The van der Waals surface area contributed by atoms with Gasteiger partial charge in [-0.2, -0.15) is 0 Å². The second-order valence-electron chi connectivity index (χ2n) is 9.19. The van der Waals surface area contributed by atoms with Crippen molar-refractivity contribution in [3.05, 3.63) is 24.3 Å². The van der Waals surface area contributed by atoms with Crippen molar-refractivity contribution < 1.29 is 13.2 Å². The van der Waals surface area contributed by atoms with Gasteiger partial charge in [0.1, 0.15) is 5.75 Å². The second-order valence-corrected chi connectivity index (χ2v) is 10.9. The van der Waals surface area contributed by atoms with Crippen molar-refractivity contribution in [2.45, 2.75) is 62.8 Å². The standard InChI is InChI=1S/C19H27NO3S/c1-17-8-14-9-18(2,11-17)13-19(10-14,12-17)20-24(21,22)16-6-4-15(23-3)5-7-16/h4-7,14,20H,8-13H2,1-3H3. The number of ether oxygens (including phenoxy) is 1. The molecule has 0 heterocycles. The van der Waals surface area contributed by atoms with E-state index in [1.54, 1.807) is 31.4 Å². The molecule has 5 heteroatoms. The molecule has 4 bridgehead atoms. The van der Waals surface area contributed by atoms with Crippen LogP contribution < -0.4 is 9.46 Å². The van der Waals surface area contributed by atoms with Gasteiger partial charge in [-0.25, -0.2) is 13.1 Å². The summed E-state index contributed by atoms with van der Waals surface area (Å²) < 4.78 is 34.2. The minimum atomic E-state index is -3.51. The predicted molar refractivity (Wildman–Crippen MR) is 93.5 cm³/mol. The summed E-state index contributed by atoms with van der Waals surface area (Å²) in [5, 5.41) is 0. The average molecular weight is 349 g/mol. The van der Waals surface area contributed by atoms with E-state index in [9.17, 15) is 8.42 Å². The molecule has 0 amide bonds. The smallest absolute Gasteiger partial charge is 0.241 e. The van der Waals surface area contributed by atoms with Crippen molar-refractivity contribution in [1.82, 2.24) is 4.72 Å². The van der Waals surface area contributed by atoms with Gasteiger partial charge in [-0.15, -0.1) is 0 Å². The minimum Gasteiger partial charge on any atom is -0.497 e. The van der Waals surface area contributed by atoms with Crippen LogP contribution in [0.2, 0.25) is 0 Å². The molecule has 2 atom stereocenters. The topological polar surface area (TPSA) is 55.4 Å². The van der Waals surface area contributed by atoms with Crippen LogP contribution in [0.1, 0.15) is 52.4 Å². The molecule has 4 fully saturated rings. The molecule has 0 aromatic heterocycles. The molecule has 4 saturated carbocycles. The maximum Gasteiger partial charge on any atom is 0.241 e.